The van der Waals surface area contributed by atoms with Gasteiger partial charge in [-0.1, -0.05) is 59.4 Å². The zero-order valence-corrected chi connectivity index (χ0v) is 25.9. The van der Waals surface area contributed by atoms with Crippen LogP contribution in [0.2, 0.25) is 20.1 Å². The van der Waals surface area contributed by atoms with Crippen LogP contribution in [0, 0.1) is 0 Å². The number of anilines is 1. The Bertz CT molecular complexity index is 1270. The SMILES string of the molecule is CCC(C(=O)NC(C)(C)C)N(Cc1ccc(Cl)cc1Cl)C(=O)CCCN(c1cc(Cl)ccc1Cl)S(C)(=O)=O. The van der Waals surface area contributed by atoms with Gasteiger partial charge in [-0.25, -0.2) is 8.42 Å². The number of halogens is 4. The molecule has 1 unspecified atom stereocenters. The van der Waals surface area contributed by atoms with Crippen LogP contribution in [0.5, 0.6) is 0 Å². The van der Waals surface area contributed by atoms with Crippen LogP contribution in [-0.2, 0) is 26.2 Å². The Labute approximate surface area is 245 Å². The van der Waals surface area contributed by atoms with Crippen LogP contribution in [0.15, 0.2) is 36.4 Å². The van der Waals surface area contributed by atoms with Gasteiger partial charge in [-0.3, -0.25) is 13.9 Å². The summed E-state index contributed by atoms with van der Waals surface area (Å²) in [4.78, 5) is 28.2. The van der Waals surface area contributed by atoms with Crippen molar-refractivity contribution in [1.82, 2.24) is 10.2 Å². The van der Waals surface area contributed by atoms with Gasteiger partial charge in [0.2, 0.25) is 21.8 Å². The molecule has 0 heterocycles. The second-order valence-corrected chi connectivity index (χ2v) is 13.5. The summed E-state index contributed by atoms with van der Waals surface area (Å²) in [6, 6.07) is 8.74. The van der Waals surface area contributed by atoms with Gasteiger partial charge in [-0.05, 0) is 69.5 Å². The van der Waals surface area contributed by atoms with Gasteiger partial charge >= 0.3 is 0 Å². The minimum atomic E-state index is -3.72. The number of nitrogens with zero attached hydrogens (tertiary/aromatic N) is 2. The van der Waals surface area contributed by atoms with Gasteiger partial charge in [0.25, 0.3) is 0 Å². The second kappa shape index (κ2) is 13.6. The molecule has 7 nitrogen and oxygen atoms in total. The summed E-state index contributed by atoms with van der Waals surface area (Å²) in [7, 11) is -3.72. The number of carbonyl (C=O) groups excluding carboxylic acids is 2. The highest BCUT2D eigenvalue weighted by molar-refractivity contribution is 7.92. The van der Waals surface area contributed by atoms with E-state index in [1.807, 2.05) is 27.7 Å². The van der Waals surface area contributed by atoms with Crippen molar-refractivity contribution < 1.29 is 18.0 Å². The van der Waals surface area contributed by atoms with E-state index >= 15 is 0 Å². The van der Waals surface area contributed by atoms with Crippen molar-refractivity contribution >= 4 is 73.9 Å². The minimum Gasteiger partial charge on any atom is -0.350 e. The Hall–Kier alpha value is -1.71. The summed E-state index contributed by atoms with van der Waals surface area (Å²) in [6.45, 7) is 7.48. The standard InChI is InChI=1S/C26H33Cl4N3O4S/c1-6-22(25(35)31-26(2,3)4)32(16-17-9-10-18(27)14-21(17)30)24(34)8-7-13-33(38(5,36)37)23-15-19(28)11-12-20(23)29/h9-12,14-15,22H,6-8,13,16H2,1-5H3,(H,31,35). The lowest BCUT2D eigenvalue weighted by molar-refractivity contribution is -0.142. The summed E-state index contributed by atoms with van der Waals surface area (Å²) in [5, 5.41) is 4.32. The molecule has 0 fully saturated rings. The molecule has 38 heavy (non-hydrogen) atoms. The Morgan fingerprint density at radius 1 is 0.974 bits per heavy atom. The van der Waals surface area contributed by atoms with Crippen molar-refractivity contribution in [3.63, 3.8) is 0 Å². The zero-order valence-electron chi connectivity index (χ0n) is 22.0. The van der Waals surface area contributed by atoms with Crippen LogP contribution in [0.1, 0.15) is 52.5 Å². The molecule has 2 aromatic carbocycles. The molecule has 1 atom stereocenters. The van der Waals surface area contributed by atoms with E-state index < -0.39 is 21.6 Å². The van der Waals surface area contributed by atoms with E-state index in [4.69, 9.17) is 46.4 Å². The van der Waals surface area contributed by atoms with E-state index in [-0.39, 0.29) is 48.5 Å². The molecule has 0 aliphatic heterocycles. The molecule has 0 radical (unpaired) electrons. The Kier molecular flexibility index (Phi) is 11.6. The zero-order chi connectivity index (χ0) is 28.8. The predicted molar refractivity (Wildman–Crippen MR) is 157 cm³/mol. The fraction of sp³-hybridized carbons (Fsp3) is 0.462. The largest absolute Gasteiger partial charge is 0.350 e. The normalized spacial score (nSPS) is 12.7. The minimum absolute atomic E-state index is 0.00877. The molecular formula is C26H33Cl4N3O4S. The van der Waals surface area contributed by atoms with Crippen LogP contribution in [0.4, 0.5) is 5.69 Å². The summed E-state index contributed by atoms with van der Waals surface area (Å²) >= 11 is 24.7. The monoisotopic (exact) mass is 623 g/mol. The summed E-state index contributed by atoms with van der Waals surface area (Å²) in [6.07, 6.45) is 1.59. The number of nitrogens with one attached hydrogen (secondary N) is 1. The fourth-order valence-electron chi connectivity index (χ4n) is 3.87. The van der Waals surface area contributed by atoms with Gasteiger partial charge in [0.05, 0.1) is 17.0 Å². The molecule has 0 aliphatic rings. The van der Waals surface area contributed by atoms with Crippen LogP contribution in [0.25, 0.3) is 0 Å². The topological polar surface area (TPSA) is 86.8 Å². The van der Waals surface area contributed by atoms with Crippen molar-refractivity contribution in [2.45, 2.75) is 65.1 Å². The van der Waals surface area contributed by atoms with Gasteiger partial charge in [0.1, 0.15) is 6.04 Å². The van der Waals surface area contributed by atoms with Gasteiger partial charge in [-0.15, -0.1) is 0 Å². The lowest BCUT2D eigenvalue weighted by Gasteiger charge is -2.33. The number of carbonyl (C=O) groups is 2. The van der Waals surface area contributed by atoms with Crippen molar-refractivity contribution in [3.8, 4) is 0 Å². The van der Waals surface area contributed by atoms with Crippen molar-refractivity contribution in [1.29, 1.82) is 0 Å². The van der Waals surface area contributed by atoms with E-state index in [2.05, 4.69) is 5.32 Å². The van der Waals surface area contributed by atoms with Crippen molar-refractivity contribution in [3.05, 3.63) is 62.1 Å². The van der Waals surface area contributed by atoms with Crippen LogP contribution < -0.4 is 9.62 Å². The molecule has 0 saturated carbocycles. The Morgan fingerprint density at radius 3 is 2.13 bits per heavy atom. The summed E-state index contributed by atoms with van der Waals surface area (Å²) in [5.74, 6) is -0.612. The number of hydrogen-bond donors (Lipinski definition) is 1. The second-order valence-electron chi connectivity index (χ2n) is 9.96. The molecule has 2 aromatic rings. The Balaban J connectivity index is 2.31. The smallest absolute Gasteiger partial charge is 0.243 e. The summed E-state index contributed by atoms with van der Waals surface area (Å²) in [5.41, 5.74) is 0.369. The van der Waals surface area contributed by atoms with Gasteiger partial charge in [0, 0.05) is 40.1 Å². The van der Waals surface area contributed by atoms with Gasteiger partial charge in [-0.2, -0.15) is 0 Å². The lowest BCUT2D eigenvalue weighted by atomic mass is 10.0. The van der Waals surface area contributed by atoms with E-state index in [9.17, 15) is 18.0 Å². The first-order valence-electron chi connectivity index (χ1n) is 12.0. The number of sulfonamides is 1. The van der Waals surface area contributed by atoms with E-state index in [1.54, 1.807) is 24.3 Å². The first kappa shape index (κ1) is 32.5. The molecule has 0 saturated heterocycles. The fourth-order valence-corrected chi connectivity index (χ4v) is 5.74. The van der Waals surface area contributed by atoms with Crippen LogP contribution in [-0.4, -0.2) is 49.5 Å². The van der Waals surface area contributed by atoms with E-state index in [1.165, 1.54) is 17.0 Å². The predicted octanol–water partition coefficient (Wildman–Crippen LogP) is 6.57. The number of rotatable bonds is 11. The number of benzene rings is 2. The molecular weight excluding hydrogens is 592 g/mol. The lowest BCUT2D eigenvalue weighted by Crippen LogP contribution is -2.53. The third-order valence-electron chi connectivity index (χ3n) is 5.57. The maximum absolute atomic E-state index is 13.5. The first-order chi connectivity index (χ1) is 17.5. The third kappa shape index (κ3) is 9.49. The average Bonchev–Trinajstić information content (AvgIpc) is 2.77. The molecule has 1 N–H and O–H groups in total. The highest BCUT2D eigenvalue weighted by Crippen LogP contribution is 2.31. The van der Waals surface area contributed by atoms with E-state index in [0.29, 0.717) is 27.1 Å². The van der Waals surface area contributed by atoms with E-state index in [0.717, 1.165) is 10.6 Å². The van der Waals surface area contributed by atoms with Crippen molar-refractivity contribution in [2.75, 3.05) is 17.1 Å². The molecule has 0 aromatic heterocycles. The van der Waals surface area contributed by atoms with Gasteiger partial charge in [0.15, 0.2) is 0 Å². The maximum Gasteiger partial charge on any atom is 0.243 e. The van der Waals surface area contributed by atoms with Crippen molar-refractivity contribution in [2.24, 2.45) is 0 Å². The highest BCUT2D eigenvalue weighted by Gasteiger charge is 2.31. The quantitative estimate of drug-likeness (QED) is 0.306. The third-order valence-corrected chi connectivity index (χ3v) is 7.89. The molecule has 2 amide bonds. The Morgan fingerprint density at radius 2 is 1.58 bits per heavy atom. The highest BCUT2D eigenvalue weighted by atomic mass is 35.5. The molecule has 0 spiro atoms. The summed E-state index contributed by atoms with van der Waals surface area (Å²) < 4.78 is 26.2. The first-order valence-corrected chi connectivity index (χ1v) is 15.4. The molecule has 0 bridgehead atoms. The molecule has 0 aliphatic carbocycles. The molecule has 2 rings (SSSR count). The van der Waals surface area contributed by atoms with Gasteiger partial charge < -0.3 is 10.2 Å². The van der Waals surface area contributed by atoms with Crippen LogP contribution >= 0.6 is 46.4 Å². The maximum atomic E-state index is 13.5. The number of hydrogen-bond acceptors (Lipinski definition) is 4. The molecule has 12 heteroatoms. The van der Waals surface area contributed by atoms with Crippen LogP contribution in [0.3, 0.4) is 0 Å². The molecule has 210 valence electrons. The average molecular weight is 625 g/mol. The number of amides is 2.